The zero-order valence-electron chi connectivity index (χ0n) is 10.7. The third kappa shape index (κ3) is 2.25. The van der Waals surface area contributed by atoms with E-state index in [4.69, 9.17) is 15.2 Å². The average molecular weight is 247 g/mol. The summed E-state index contributed by atoms with van der Waals surface area (Å²) in [5.41, 5.74) is 7.65. The lowest BCUT2D eigenvalue weighted by atomic mass is 9.76. The Hall–Kier alpha value is -1.06. The van der Waals surface area contributed by atoms with Crippen LogP contribution in [0.25, 0.3) is 0 Å². The minimum absolute atomic E-state index is 0.211. The second-order valence-corrected chi connectivity index (χ2v) is 5.51. The number of fused-ring (bicyclic) bond motifs is 1. The third-order valence-electron chi connectivity index (χ3n) is 4.22. The lowest BCUT2D eigenvalue weighted by Crippen LogP contribution is -2.43. The van der Waals surface area contributed by atoms with E-state index in [9.17, 15) is 0 Å². The topological polar surface area (TPSA) is 44.5 Å². The van der Waals surface area contributed by atoms with E-state index in [0.717, 1.165) is 51.3 Å². The van der Waals surface area contributed by atoms with Crippen LogP contribution in [-0.4, -0.2) is 19.8 Å². The van der Waals surface area contributed by atoms with Gasteiger partial charge in [-0.2, -0.15) is 0 Å². The second kappa shape index (κ2) is 4.90. The van der Waals surface area contributed by atoms with Gasteiger partial charge in [-0.25, -0.2) is 0 Å². The Kier molecular flexibility index (Phi) is 3.27. The SMILES string of the molecule is NC1(CC2CCOCC2)CCOc2ccccc21. The van der Waals surface area contributed by atoms with Gasteiger partial charge >= 0.3 is 0 Å². The van der Waals surface area contributed by atoms with Crippen molar-refractivity contribution in [2.45, 2.75) is 31.2 Å². The fourth-order valence-corrected chi connectivity index (χ4v) is 3.16. The van der Waals surface area contributed by atoms with Crippen molar-refractivity contribution < 1.29 is 9.47 Å². The summed E-state index contributed by atoms with van der Waals surface area (Å²) in [6.45, 7) is 2.51. The fourth-order valence-electron chi connectivity index (χ4n) is 3.16. The van der Waals surface area contributed by atoms with Crippen molar-refractivity contribution in [2.75, 3.05) is 19.8 Å². The summed E-state index contributed by atoms with van der Waals surface area (Å²) in [5.74, 6) is 1.66. The molecule has 1 aromatic carbocycles. The maximum Gasteiger partial charge on any atom is 0.124 e. The normalized spacial score (nSPS) is 28.5. The molecule has 18 heavy (non-hydrogen) atoms. The van der Waals surface area contributed by atoms with Gasteiger partial charge in [0.25, 0.3) is 0 Å². The van der Waals surface area contributed by atoms with Gasteiger partial charge in [0.15, 0.2) is 0 Å². The first-order chi connectivity index (χ1) is 8.78. The lowest BCUT2D eigenvalue weighted by molar-refractivity contribution is 0.0517. The first-order valence-corrected chi connectivity index (χ1v) is 6.87. The first-order valence-electron chi connectivity index (χ1n) is 6.87. The molecule has 0 bridgehead atoms. The molecule has 3 heteroatoms. The molecule has 2 heterocycles. The molecular weight excluding hydrogens is 226 g/mol. The molecule has 0 radical (unpaired) electrons. The number of para-hydroxylation sites is 1. The monoisotopic (exact) mass is 247 g/mol. The Bertz CT molecular complexity index is 415. The van der Waals surface area contributed by atoms with Gasteiger partial charge in [-0.15, -0.1) is 0 Å². The van der Waals surface area contributed by atoms with E-state index in [1.165, 1.54) is 5.56 Å². The van der Waals surface area contributed by atoms with Crippen LogP contribution >= 0.6 is 0 Å². The molecule has 3 rings (SSSR count). The minimum Gasteiger partial charge on any atom is -0.493 e. The molecule has 0 amide bonds. The molecule has 0 spiro atoms. The molecule has 2 aliphatic rings. The Labute approximate surface area is 108 Å². The summed E-state index contributed by atoms with van der Waals surface area (Å²) < 4.78 is 11.1. The first kappa shape index (κ1) is 12.0. The van der Waals surface area contributed by atoms with Crippen molar-refractivity contribution in [2.24, 2.45) is 11.7 Å². The average Bonchev–Trinajstić information content (AvgIpc) is 2.40. The molecule has 1 fully saturated rings. The third-order valence-corrected chi connectivity index (χ3v) is 4.22. The van der Waals surface area contributed by atoms with Crippen LogP contribution in [0.5, 0.6) is 5.75 Å². The van der Waals surface area contributed by atoms with Crippen LogP contribution < -0.4 is 10.5 Å². The molecule has 0 saturated carbocycles. The molecule has 1 atom stereocenters. The van der Waals surface area contributed by atoms with E-state index in [0.29, 0.717) is 5.92 Å². The highest BCUT2D eigenvalue weighted by molar-refractivity contribution is 5.40. The highest BCUT2D eigenvalue weighted by Crippen LogP contribution is 2.40. The molecule has 0 aliphatic carbocycles. The van der Waals surface area contributed by atoms with E-state index >= 15 is 0 Å². The number of rotatable bonds is 2. The molecular formula is C15H21NO2. The van der Waals surface area contributed by atoms with E-state index in [-0.39, 0.29) is 5.54 Å². The number of ether oxygens (including phenoxy) is 2. The number of nitrogens with two attached hydrogens (primary N) is 1. The van der Waals surface area contributed by atoms with Crippen molar-refractivity contribution >= 4 is 0 Å². The van der Waals surface area contributed by atoms with Gasteiger partial charge in [0.2, 0.25) is 0 Å². The van der Waals surface area contributed by atoms with Crippen LogP contribution in [0, 0.1) is 5.92 Å². The predicted octanol–water partition coefficient (Wildman–Crippen LogP) is 2.44. The van der Waals surface area contributed by atoms with E-state index in [1.54, 1.807) is 0 Å². The Morgan fingerprint density at radius 1 is 1.17 bits per heavy atom. The van der Waals surface area contributed by atoms with Gasteiger partial charge in [-0.05, 0) is 31.2 Å². The van der Waals surface area contributed by atoms with Crippen molar-refractivity contribution in [3.05, 3.63) is 29.8 Å². The summed E-state index contributed by atoms with van der Waals surface area (Å²) in [5, 5.41) is 0. The molecule has 1 saturated heterocycles. The van der Waals surface area contributed by atoms with E-state index in [1.807, 2.05) is 12.1 Å². The van der Waals surface area contributed by atoms with E-state index < -0.39 is 0 Å². The van der Waals surface area contributed by atoms with E-state index in [2.05, 4.69) is 12.1 Å². The highest BCUT2D eigenvalue weighted by atomic mass is 16.5. The quantitative estimate of drug-likeness (QED) is 0.873. The largest absolute Gasteiger partial charge is 0.493 e. The molecule has 0 aromatic heterocycles. The van der Waals surface area contributed by atoms with Crippen LogP contribution in [0.4, 0.5) is 0 Å². The van der Waals surface area contributed by atoms with Gasteiger partial charge in [0.05, 0.1) is 6.61 Å². The van der Waals surface area contributed by atoms with Gasteiger partial charge in [0, 0.05) is 30.7 Å². The zero-order chi connectivity index (χ0) is 12.4. The van der Waals surface area contributed by atoms with Crippen LogP contribution in [0.1, 0.15) is 31.2 Å². The molecule has 1 aromatic rings. The van der Waals surface area contributed by atoms with Gasteiger partial charge < -0.3 is 15.2 Å². The van der Waals surface area contributed by atoms with Crippen molar-refractivity contribution in [1.82, 2.24) is 0 Å². The molecule has 2 aliphatic heterocycles. The number of hydrogen-bond donors (Lipinski definition) is 1. The van der Waals surface area contributed by atoms with Gasteiger partial charge in [-0.3, -0.25) is 0 Å². The van der Waals surface area contributed by atoms with Gasteiger partial charge in [-0.1, -0.05) is 18.2 Å². The van der Waals surface area contributed by atoms with Crippen LogP contribution in [0.15, 0.2) is 24.3 Å². The van der Waals surface area contributed by atoms with Crippen LogP contribution in [-0.2, 0) is 10.3 Å². The van der Waals surface area contributed by atoms with Crippen molar-refractivity contribution in [3.8, 4) is 5.75 Å². The predicted molar refractivity (Wildman–Crippen MR) is 70.6 cm³/mol. The Morgan fingerprint density at radius 3 is 2.78 bits per heavy atom. The summed E-state index contributed by atoms with van der Waals surface area (Å²) in [6.07, 6.45) is 4.25. The number of benzene rings is 1. The molecule has 98 valence electrons. The summed E-state index contributed by atoms with van der Waals surface area (Å²) in [7, 11) is 0. The highest BCUT2D eigenvalue weighted by Gasteiger charge is 2.36. The smallest absolute Gasteiger partial charge is 0.124 e. The summed E-state index contributed by atoms with van der Waals surface area (Å²) >= 11 is 0. The molecule has 1 unspecified atom stereocenters. The molecule has 2 N–H and O–H groups in total. The zero-order valence-corrected chi connectivity index (χ0v) is 10.7. The Balaban J connectivity index is 1.81. The fraction of sp³-hybridized carbons (Fsp3) is 0.600. The lowest BCUT2D eigenvalue weighted by Gasteiger charge is -2.39. The summed E-state index contributed by atoms with van der Waals surface area (Å²) in [6, 6.07) is 8.21. The second-order valence-electron chi connectivity index (χ2n) is 5.51. The molecule has 3 nitrogen and oxygen atoms in total. The van der Waals surface area contributed by atoms with Crippen molar-refractivity contribution in [3.63, 3.8) is 0 Å². The minimum atomic E-state index is -0.211. The maximum atomic E-state index is 6.68. The van der Waals surface area contributed by atoms with Crippen LogP contribution in [0.3, 0.4) is 0 Å². The standard InChI is InChI=1S/C15H21NO2/c16-15(11-12-5-8-17-9-6-12)7-10-18-14-4-2-1-3-13(14)15/h1-4,12H,5-11,16H2. The number of hydrogen-bond acceptors (Lipinski definition) is 3. The van der Waals surface area contributed by atoms with Crippen molar-refractivity contribution in [1.29, 1.82) is 0 Å². The summed E-state index contributed by atoms with van der Waals surface area (Å²) in [4.78, 5) is 0. The Morgan fingerprint density at radius 2 is 1.94 bits per heavy atom. The van der Waals surface area contributed by atoms with Gasteiger partial charge in [0.1, 0.15) is 5.75 Å². The maximum absolute atomic E-state index is 6.68. The van der Waals surface area contributed by atoms with Crippen LogP contribution in [0.2, 0.25) is 0 Å².